The van der Waals surface area contributed by atoms with Crippen LogP contribution in [0.2, 0.25) is 0 Å². The van der Waals surface area contributed by atoms with E-state index in [1.54, 1.807) is 0 Å². The zero-order valence-corrected chi connectivity index (χ0v) is 28.9. The lowest BCUT2D eigenvalue weighted by molar-refractivity contribution is 0.980. The maximum atomic E-state index is 5.62. The van der Waals surface area contributed by atoms with Gasteiger partial charge in [-0.25, -0.2) is 4.52 Å². The fourth-order valence-electron chi connectivity index (χ4n) is 8.49. The van der Waals surface area contributed by atoms with Gasteiger partial charge in [-0.3, -0.25) is 0 Å². The fourth-order valence-corrected chi connectivity index (χ4v) is 8.49. The minimum absolute atomic E-state index is 0.972. The molecule has 0 saturated heterocycles. The molecule has 2 heterocycles. The first-order chi connectivity index (χ1) is 26.3. The summed E-state index contributed by atoms with van der Waals surface area (Å²) in [6.07, 6.45) is 0. The Kier molecular flexibility index (Phi) is 6.59. The van der Waals surface area contributed by atoms with Crippen LogP contribution < -0.4 is 0 Å². The predicted molar refractivity (Wildman–Crippen MR) is 224 cm³/mol. The van der Waals surface area contributed by atoms with Crippen LogP contribution in [0.4, 0.5) is 0 Å². The summed E-state index contributed by atoms with van der Waals surface area (Å²) in [7, 11) is 0. The Bertz CT molecular complexity index is 3060. The molecular weight excluding hydrogens is 641 g/mol. The molecule has 0 atom stereocenters. The second-order valence-electron chi connectivity index (χ2n) is 14.0. The molecule has 0 aliphatic carbocycles. The van der Waals surface area contributed by atoms with Gasteiger partial charge in [0.2, 0.25) is 0 Å². The zero-order chi connectivity index (χ0) is 34.9. The first-order valence-electron chi connectivity index (χ1n) is 18.2. The molecular formula is C51H32N2. The number of fused-ring (bicyclic) bond motifs is 3. The minimum atomic E-state index is 0.972. The highest BCUT2D eigenvalue weighted by Crippen LogP contribution is 2.45. The molecule has 0 spiro atoms. The van der Waals surface area contributed by atoms with Crippen molar-refractivity contribution in [1.82, 2.24) is 9.61 Å². The van der Waals surface area contributed by atoms with Crippen molar-refractivity contribution in [2.24, 2.45) is 0 Å². The molecule has 0 unspecified atom stereocenters. The lowest BCUT2D eigenvalue weighted by atomic mass is 9.89. The van der Waals surface area contributed by atoms with Gasteiger partial charge in [0.15, 0.2) is 0 Å². The molecule has 246 valence electrons. The first kappa shape index (κ1) is 29.7. The molecule has 0 saturated carbocycles. The van der Waals surface area contributed by atoms with Crippen molar-refractivity contribution in [3.05, 3.63) is 194 Å². The van der Waals surface area contributed by atoms with Gasteiger partial charge >= 0.3 is 0 Å². The van der Waals surface area contributed by atoms with E-state index < -0.39 is 0 Å². The van der Waals surface area contributed by atoms with Crippen LogP contribution in [-0.4, -0.2) is 9.61 Å². The molecule has 2 heteroatoms. The van der Waals surface area contributed by atoms with Crippen molar-refractivity contribution in [2.75, 3.05) is 0 Å². The van der Waals surface area contributed by atoms with E-state index in [-0.39, 0.29) is 0 Å². The van der Waals surface area contributed by atoms with Crippen molar-refractivity contribution in [3.8, 4) is 55.9 Å². The van der Waals surface area contributed by atoms with Crippen molar-refractivity contribution in [2.45, 2.75) is 0 Å². The van der Waals surface area contributed by atoms with Crippen molar-refractivity contribution >= 4 is 48.6 Å². The van der Waals surface area contributed by atoms with Crippen LogP contribution in [0.25, 0.3) is 105 Å². The summed E-state index contributed by atoms with van der Waals surface area (Å²) >= 11 is 0. The quantitative estimate of drug-likeness (QED) is 0.166. The largest absolute Gasteiger partial charge is 0.231 e. The van der Waals surface area contributed by atoms with Crippen molar-refractivity contribution < 1.29 is 0 Å². The molecule has 0 amide bonds. The molecule has 11 rings (SSSR count). The topological polar surface area (TPSA) is 17.3 Å². The van der Waals surface area contributed by atoms with Crippen molar-refractivity contribution in [1.29, 1.82) is 0 Å². The molecule has 2 nitrogen and oxygen atoms in total. The van der Waals surface area contributed by atoms with Crippen molar-refractivity contribution in [3.63, 3.8) is 0 Å². The van der Waals surface area contributed by atoms with Crippen LogP contribution >= 0.6 is 0 Å². The normalized spacial score (nSPS) is 11.8. The van der Waals surface area contributed by atoms with Gasteiger partial charge in [-0.15, -0.1) is 0 Å². The summed E-state index contributed by atoms with van der Waals surface area (Å²) in [5.41, 5.74) is 12.4. The van der Waals surface area contributed by atoms with Crippen LogP contribution in [-0.2, 0) is 0 Å². The first-order valence-corrected chi connectivity index (χ1v) is 18.2. The molecule has 0 aliphatic heterocycles. The van der Waals surface area contributed by atoms with Crippen LogP contribution in [0.1, 0.15) is 0 Å². The van der Waals surface area contributed by atoms with Gasteiger partial charge in [-0.2, -0.15) is 5.10 Å². The highest BCUT2D eigenvalue weighted by Gasteiger charge is 2.24. The molecule has 0 bridgehead atoms. The smallest absolute Gasteiger partial charge is 0.101 e. The van der Waals surface area contributed by atoms with Gasteiger partial charge in [-0.1, -0.05) is 164 Å². The molecule has 0 N–H and O–H groups in total. The monoisotopic (exact) mass is 672 g/mol. The van der Waals surface area contributed by atoms with Gasteiger partial charge in [0.1, 0.15) is 5.69 Å². The zero-order valence-electron chi connectivity index (χ0n) is 28.9. The third-order valence-electron chi connectivity index (χ3n) is 10.9. The Labute approximate surface area is 307 Å². The van der Waals surface area contributed by atoms with Gasteiger partial charge in [0.25, 0.3) is 0 Å². The van der Waals surface area contributed by atoms with E-state index in [9.17, 15) is 0 Å². The Morgan fingerprint density at radius 1 is 0.340 bits per heavy atom. The summed E-state index contributed by atoms with van der Waals surface area (Å²) in [6, 6.07) is 70.4. The van der Waals surface area contributed by atoms with E-state index in [0.29, 0.717) is 0 Å². The molecule has 0 fully saturated rings. The Balaban J connectivity index is 1.30. The average Bonchev–Trinajstić information content (AvgIpc) is 3.64. The average molecular weight is 673 g/mol. The Morgan fingerprint density at radius 2 is 0.830 bits per heavy atom. The summed E-state index contributed by atoms with van der Waals surface area (Å²) < 4.78 is 2.20. The van der Waals surface area contributed by atoms with Gasteiger partial charge < -0.3 is 0 Å². The molecule has 2 aromatic heterocycles. The maximum absolute atomic E-state index is 5.62. The third kappa shape index (κ3) is 4.70. The number of hydrogen-bond acceptors (Lipinski definition) is 1. The summed E-state index contributed by atoms with van der Waals surface area (Å²) in [5.74, 6) is 0. The highest BCUT2D eigenvalue weighted by molar-refractivity contribution is 6.24. The maximum Gasteiger partial charge on any atom is 0.101 e. The van der Waals surface area contributed by atoms with Gasteiger partial charge in [-0.05, 0) is 95.9 Å². The van der Waals surface area contributed by atoms with E-state index >= 15 is 0 Å². The van der Waals surface area contributed by atoms with E-state index in [1.165, 1.54) is 65.3 Å². The Hall–Kier alpha value is -7.03. The van der Waals surface area contributed by atoms with Crippen LogP contribution in [0.15, 0.2) is 194 Å². The standard InChI is InChI=1S/C51H32N2/c1-5-14-33(15-6-1)43-30-41-31-46(35-18-9-3-10-19-35)53-51(45(41)32-44(43)34-16-7-2-8-17-34)49(36-20-11-4-12-21-36)50(52-53)42-28-39-26-24-37-22-13-23-38-25-27-40(29-42)48(39)47(37)38/h1-32H. The number of rotatable bonds is 5. The fraction of sp³-hybridized carbons (Fsp3) is 0. The third-order valence-corrected chi connectivity index (χ3v) is 10.9. The van der Waals surface area contributed by atoms with E-state index in [4.69, 9.17) is 5.10 Å². The van der Waals surface area contributed by atoms with E-state index in [2.05, 4.69) is 199 Å². The van der Waals surface area contributed by atoms with Gasteiger partial charge in [0, 0.05) is 22.1 Å². The number of hydrogen-bond donors (Lipinski definition) is 0. The van der Waals surface area contributed by atoms with Crippen LogP contribution in [0.3, 0.4) is 0 Å². The number of pyridine rings is 1. The second-order valence-corrected chi connectivity index (χ2v) is 14.0. The lowest BCUT2D eigenvalue weighted by Gasteiger charge is -2.16. The van der Waals surface area contributed by atoms with E-state index in [1.807, 2.05) is 0 Å². The number of aromatic nitrogens is 2. The molecule has 0 radical (unpaired) electrons. The van der Waals surface area contributed by atoms with Gasteiger partial charge in [0.05, 0.1) is 11.2 Å². The highest BCUT2D eigenvalue weighted by atomic mass is 15.2. The SMILES string of the molecule is c1ccc(-c2cc3cc(-c4ccccc4)n4nc(-c5cc6ccc7cccc8ccc(c5)c6c78)c(-c5ccccc5)c4c3cc2-c2ccccc2)cc1. The molecule has 53 heavy (non-hydrogen) atoms. The summed E-state index contributed by atoms with van der Waals surface area (Å²) in [6.45, 7) is 0. The predicted octanol–water partition coefficient (Wildman–Crippen LogP) is 13.7. The Morgan fingerprint density at radius 3 is 1.42 bits per heavy atom. The van der Waals surface area contributed by atoms with Crippen LogP contribution in [0, 0.1) is 0 Å². The molecule has 11 aromatic rings. The summed E-state index contributed by atoms with van der Waals surface area (Å²) in [4.78, 5) is 0. The number of nitrogens with zero attached hydrogens (tertiary/aromatic N) is 2. The minimum Gasteiger partial charge on any atom is -0.231 e. The molecule has 0 aliphatic rings. The van der Waals surface area contributed by atoms with E-state index in [0.717, 1.165) is 39.2 Å². The number of benzene rings is 9. The van der Waals surface area contributed by atoms with Crippen LogP contribution in [0.5, 0.6) is 0 Å². The lowest BCUT2D eigenvalue weighted by Crippen LogP contribution is -1.97. The molecule has 9 aromatic carbocycles. The summed E-state index contributed by atoms with van der Waals surface area (Å²) in [5, 5.41) is 15.6. The second kappa shape index (κ2) is 11.8.